The van der Waals surface area contributed by atoms with Crippen molar-refractivity contribution in [3.63, 3.8) is 0 Å². The minimum Gasteiger partial charge on any atom is -0.455 e. The Balaban J connectivity index is 1.15. The van der Waals surface area contributed by atoms with Crippen LogP contribution >= 0.6 is 0 Å². The molecule has 0 saturated carbocycles. The minimum absolute atomic E-state index is 0.907. The maximum atomic E-state index is 6.58. The molecule has 246 valence electrons. The molecule has 0 atom stereocenters. The van der Waals surface area contributed by atoms with Crippen molar-refractivity contribution in [2.24, 2.45) is 0 Å². The van der Waals surface area contributed by atoms with E-state index in [9.17, 15) is 0 Å². The summed E-state index contributed by atoms with van der Waals surface area (Å²) in [5, 5.41) is 12.1. The van der Waals surface area contributed by atoms with Crippen LogP contribution in [0.5, 0.6) is 0 Å². The Bertz CT molecular complexity index is 3160. The molecule has 0 spiro atoms. The predicted molar refractivity (Wildman–Crippen MR) is 225 cm³/mol. The summed E-state index contributed by atoms with van der Waals surface area (Å²) in [6.07, 6.45) is 0. The van der Waals surface area contributed by atoms with Crippen molar-refractivity contribution < 1.29 is 4.42 Å². The molecule has 0 aliphatic heterocycles. The lowest BCUT2D eigenvalue weighted by Gasteiger charge is -2.20. The maximum absolute atomic E-state index is 6.58. The Labute approximate surface area is 307 Å². The number of hydrogen-bond acceptors (Lipinski definition) is 1. The zero-order chi connectivity index (χ0) is 34.9. The van der Waals surface area contributed by atoms with Crippen LogP contribution in [0.15, 0.2) is 199 Å². The lowest BCUT2D eigenvalue weighted by molar-refractivity contribution is 0.673. The number of benzene rings is 10. The highest BCUT2D eigenvalue weighted by molar-refractivity contribution is 6.24. The third-order valence-corrected chi connectivity index (χ3v) is 11.1. The van der Waals surface area contributed by atoms with Gasteiger partial charge in [0, 0.05) is 16.2 Å². The molecule has 53 heavy (non-hydrogen) atoms. The molecule has 10 aromatic carbocycles. The van der Waals surface area contributed by atoms with E-state index < -0.39 is 0 Å². The van der Waals surface area contributed by atoms with Crippen LogP contribution in [0.4, 0.5) is 0 Å². The van der Waals surface area contributed by atoms with Crippen molar-refractivity contribution >= 4 is 65.0 Å². The first-order chi connectivity index (χ1) is 26.3. The van der Waals surface area contributed by atoms with Gasteiger partial charge in [0.25, 0.3) is 0 Å². The molecule has 11 rings (SSSR count). The maximum Gasteiger partial charge on any atom is 0.143 e. The Morgan fingerprint density at radius 3 is 1.57 bits per heavy atom. The first-order valence-corrected chi connectivity index (χ1v) is 18.3. The van der Waals surface area contributed by atoms with Crippen LogP contribution in [0, 0.1) is 0 Å². The minimum atomic E-state index is 0.907. The van der Waals surface area contributed by atoms with Crippen LogP contribution in [0.25, 0.3) is 110 Å². The van der Waals surface area contributed by atoms with Crippen LogP contribution in [0.1, 0.15) is 0 Å². The molecule has 0 amide bonds. The standard InChI is InChI=1S/C52H32O/c1-2-14-33(15-3-1)37-30-31-46(41-21-7-6-20-40(37)41)50-44-24-10-8-22-42(44)49(43-23-9-11-25-45(43)50)36-18-12-17-35(32-36)38-26-13-27-48-51(38)47-29-28-34-16-4-5-19-39(34)52(47)53-48/h1-32H. The van der Waals surface area contributed by atoms with Gasteiger partial charge in [-0.3, -0.25) is 0 Å². The van der Waals surface area contributed by atoms with Crippen LogP contribution in [-0.2, 0) is 0 Å². The highest BCUT2D eigenvalue weighted by atomic mass is 16.3. The van der Waals surface area contributed by atoms with Crippen molar-refractivity contribution in [2.45, 2.75) is 0 Å². The van der Waals surface area contributed by atoms with E-state index in [1.807, 2.05) is 0 Å². The second kappa shape index (κ2) is 11.8. The van der Waals surface area contributed by atoms with E-state index in [4.69, 9.17) is 4.42 Å². The zero-order valence-electron chi connectivity index (χ0n) is 28.9. The first-order valence-electron chi connectivity index (χ1n) is 18.3. The largest absolute Gasteiger partial charge is 0.455 e. The third-order valence-electron chi connectivity index (χ3n) is 11.1. The van der Waals surface area contributed by atoms with E-state index in [1.54, 1.807) is 0 Å². The fourth-order valence-electron chi connectivity index (χ4n) is 8.75. The molecule has 0 fully saturated rings. The third kappa shape index (κ3) is 4.58. The lowest BCUT2D eigenvalue weighted by atomic mass is 9.83. The van der Waals surface area contributed by atoms with E-state index in [-0.39, 0.29) is 0 Å². The van der Waals surface area contributed by atoms with Crippen molar-refractivity contribution in [3.8, 4) is 44.5 Å². The lowest BCUT2D eigenvalue weighted by Crippen LogP contribution is -1.92. The first kappa shape index (κ1) is 29.7. The second-order valence-electron chi connectivity index (χ2n) is 13.9. The average molecular weight is 673 g/mol. The summed E-state index contributed by atoms with van der Waals surface area (Å²) in [6, 6.07) is 70.5. The second-order valence-corrected chi connectivity index (χ2v) is 13.9. The van der Waals surface area contributed by atoms with Crippen molar-refractivity contribution in [1.82, 2.24) is 0 Å². The molecule has 0 unspecified atom stereocenters. The van der Waals surface area contributed by atoms with Gasteiger partial charge in [0.1, 0.15) is 11.2 Å². The number of fused-ring (bicyclic) bond motifs is 8. The van der Waals surface area contributed by atoms with Gasteiger partial charge in [-0.15, -0.1) is 0 Å². The van der Waals surface area contributed by atoms with Gasteiger partial charge in [-0.05, 0) is 100 Å². The number of rotatable bonds is 4. The molecule has 0 bridgehead atoms. The quantitative estimate of drug-likeness (QED) is 0.170. The van der Waals surface area contributed by atoms with Gasteiger partial charge in [0.15, 0.2) is 0 Å². The van der Waals surface area contributed by atoms with E-state index in [1.165, 1.54) is 82.2 Å². The van der Waals surface area contributed by atoms with E-state index >= 15 is 0 Å². The Kier molecular flexibility index (Phi) is 6.62. The SMILES string of the molecule is c1ccc(-c2ccc(-c3c4ccccc4c(-c4cccc(-c5cccc6oc7c8ccccc8ccc7c56)c4)c4ccccc34)c3ccccc23)cc1. The molecule has 0 aliphatic rings. The van der Waals surface area contributed by atoms with Crippen LogP contribution in [-0.4, -0.2) is 0 Å². The normalized spacial score (nSPS) is 11.8. The van der Waals surface area contributed by atoms with E-state index in [0.717, 1.165) is 27.3 Å². The van der Waals surface area contributed by atoms with Gasteiger partial charge in [-0.25, -0.2) is 0 Å². The molecule has 11 aromatic rings. The van der Waals surface area contributed by atoms with Crippen LogP contribution in [0.3, 0.4) is 0 Å². The Morgan fingerprint density at radius 1 is 0.283 bits per heavy atom. The van der Waals surface area contributed by atoms with Gasteiger partial charge in [-0.1, -0.05) is 176 Å². The molecule has 1 heterocycles. The van der Waals surface area contributed by atoms with Crippen LogP contribution in [0.2, 0.25) is 0 Å². The molecule has 0 radical (unpaired) electrons. The molecule has 1 nitrogen and oxygen atoms in total. The Hall–Kier alpha value is -6.96. The van der Waals surface area contributed by atoms with Gasteiger partial charge >= 0.3 is 0 Å². The van der Waals surface area contributed by atoms with Crippen molar-refractivity contribution in [3.05, 3.63) is 194 Å². The average Bonchev–Trinajstić information content (AvgIpc) is 3.63. The fourth-order valence-corrected chi connectivity index (χ4v) is 8.75. The molecule has 1 heteroatoms. The van der Waals surface area contributed by atoms with Gasteiger partial charge in [-0.2, -0.15) is 0 Å². The van der Waals surface area contributed by atoms with Crippen molar-refractivity contribution in [1.29, 1.82) is 0 Å². The number of hydrogen-bond donors (Lipinski definition) is 0. The number of furan rings is 1. The Morgan fingerprint density at radius 2 is 0.830 bits per heavy atom. The van der Waals surface area contributed by atoms with Crippen molar-refractivity contribution in [2.75, 3.05) is 0 Å². The predicted octanol–water partition coefficient (Wildman–Crippen LogP) is 14.9. The molecule has 0 N–H and O–H groups in total. The topological polar surface area (TPSA) is 13.1 Å². The fraction of sp³-hybridized carbons (Fsp3) is 0. The van der Waals surface area contributed by atoms with E-state index in [2.05, 4.69) is 194 Å². The molecule has 1 aromatic heterocycles. The van der Waals surface area contributed by atoms with Gasteiger partial charge in [0.2, 0.25) is 0 Å². The monoisotopic (exact) mass is 672 g/mol. The summed E-state index contributed by atoms with van der Waals surface area (Å²) < 4.78 is 6.58. The van der Waals surface area contributed by atoms with Gasteiger partial charge < -0.3 is 4.42 Å². The zero-order valence-corrected chi connectivity index (χ0v) is 28.9. The molecular formula is C52H32O. The summed E-state index contributed by atoms with van der Waals surface area (Å²) >= 11 is 0. The highest BCUT2D eigenvalue weighted by Crippen LogP contribution is 2.47. The summed E-state index contributed by atoms with van der Waals surface area (Å²) in [5.41, 5.74) is 11.6. The summed E-state index contributed by atoms with van der Waals surface area (Å²) in [7, 11) is 0. The summed E-state index contributed by atoms with van der Waals surface area (Å²) in [5.74, 6) is 0. The van der Waals surface area contributed by atoms with Gasteiger partial charge in [0.05, 0.1) is 0 Å². The molecular weight excluding hydrogens is 641 g/mol. The molecule has 0 saturated heterocycles. The van der Waals surface area contributed by atoms with E-state index in [0.29, 0.717) is 0 Å². The van der Waals surface area contributed by atoms with Crippen LogP contribution < -0.4 is 0 Å². The highest BCUT2D eigenvalue weighted by Gasteiger charge is 2.20. The summed E-state index contributed by atoms with van der Waals surface area (Å²) in [6.45, 7) is 0. The smallest absolute Gasteiger partial charge is 0.143 e. The molecule has 0 aliphatic carbocycles. The summed E-state index contributed by atoms with van der Waals surface area (Å²) in [4.78, 5) is 0.